The van der Waals surface area contributed by atoms with E-state index >= 15 is 0 Å². The quantitative estimate of drug-likeness (QED) is 0.647. The van der Waals surface area contributed by atoms with E-state index in [4.69, 9.17) is 5.11 Å². The zero-order chi connectivity index (χ0) is 18.0. The molecule has 3 rings (SSSR count). The molecule has 7 nitrogen and oxygen atoms in total. The minimum Gasteiger partial charge on any atom is -0.478 e. The van der Waals surface area contributed by atoms with Gasteiger partial charge < -0.3 is 15.0 Å². The van der Waals surface area contributed by atoms with E-state index in [1.54, 1.807) is 35.0 Å². The van der Waals surface area contributed by atoms with E-state index in [0.29, 0.717) is 18.7 Å². The lowest BCUT2D eigenvalue weighted by Crippen LogP contribution is -2.31. The Hall–Kier alpha value is -3.35. The highest BCUT2D eigenvalue weighted by atomic mass is 16.4. The van der Waals surface area contributed by atoms with Crippen LogP contribution in [0.1, 0.15) is 29.4 Å². The fourth-order valence-electron chi connectivity index (χ4n) is 2.66. The molecule has 0 unspecified atom stereocenters. The fraction of sp³-hybridized carbons (Fsp3) is 0.167. The Morgan fingerprint density at radius 3 is 2.56 bits per heavy atom. The zero-order valence-corrected chi connectivity index (χ0v) is 13.6. The van der Waals surface area contributed by atoms with Gasteiger partial charge in [0.1, 0.15) is 5.70 Å². The molecule has 3 amide bonds. The summed E-state index contributed by atoms with van der Waals surface area (Å²) >= 11 is 0. The summed E-state index contributed by atoms with van der Waals surface area (Å²) in [6, 6.07) is 9.60. The van der Waals surface area contributed by atoms with Crippen LogP contribution in [-0.2, 0) is 4.79 Å². The van der Waals surface area contributed by atoms with Crippen LogP contribution in [0.5, 0.6) is 0 Å². The predicted molar refractivity (Wildman–Crippen MR) is 91.2 cm³/mol. The van der Waals surface area contributed by atoms with Gasteiger partial charge in [0.25, 0.3) is 5.91 Å². The van der Waals surface area contributed by atoms with E-state index in [-0.39, 0.29) is 17.2 Å². The number of carbonyl (C=O) groups is 3. The van der Waals surface area contributed by atoms with Crippen molar-refractivity contribution in [3.8, 4) is 5.69 Å². The first-order chi connectivity index (χ1) is 12.0. The second-order valence-electron chi connectivity index (χ2n) is 5.60. The Morgan fingerprint density at radius 1 is 1.20 bits per heavy atom. The summed E-state index contributed by atoms with van der Waals surface area (Å²) in [5, 5.41) is 11.6. The van der Waals surface area contributed by atoms with Gasteiger partial charge in [-0.25, -0.2) is 9.59 Å². The van der Waals surface area contributed by atoms with Gasteiger partial charge in [0, 0.05) is 24.1 Å². The average molecular weight is 339 g/mol. The highest BCUT2D eigenvalue weighted by Gasteiger charge is 2.32. The number of aromatic carboxylic acids is 1. The summed E-state index contributed by atoms with van der Waals surface area (Å²) in [6.45, 7) is 2.27. The van der Waals surface area contributed by atoms with Crippen LogP contribution >= 0.6 is 0 Å². The molecule has 0 spiro atoms. The van der Waals surface area contributed by atoms with Crippen molar-refractivity contribution in [2.45, 2.75) is 13.3 Å². The topological polar surface area (TPSA) is 91.6 Å². The summed E-state index contributed by atoms with van der Waals surface area (Å²) in [5.41, 5.74) is 1.87. The summed E-state index contributed by atoms with van der Waals surface area (Å²) in [7, 11) is 0. The maximum absolute atomic E-state index is 12.3. The van der Waals surface area contributed by atoms with Gasteiger partial charge in [-0.05, 0) is 48.9 Å². The van der Waals surface area contributed by atoms with Gasteiger partial charge >= 0.3 is 12.0 Å². The molecule has 1 aromatic carbocycles. The van der Waals surface area contributed by atoms with Crippen LogP contribution in [0.25, 0.3) is 11.8 Å². The number of imide groups is 1. The van der Waals surface area contributed by atoms with Crippen LogP contribution in [0.3, 0.4) is 0 Å². The minimum absolute atomic E-state index is 0.198. The molecule has 1 aliphatic heterocycles. The van der Waals surface area contributed by atoms with Crippen molar-refractivity contribution in [1.82, 2.24) is 14.8 Å². The van der Waals surface area contributed by atoms with Crippen molar-refractivity contribution < 1.29 is 19.5 Å². The third-order valence-corrected chi connectivity index (χ3v) is 3.87. The molecule has 128 valence electrons. The van der Waals surface area contributed by atoms with Crippen LogP contribution < -0.4 is 5.32 Å². The monoisotopic (exact) mass is 339 g/mol. The number of hydrogen-bond donors (Lipinski definition) is 2. The standard InChI is InChI=1S/C18H17N3O4/c1-2-9-21-16(22)15(19-18(21)25)11-14-4-3-10-20(14)13-7-5-12(6-8-13)17(23)24/h3-8,10-11H,2,9H2,1H3,(H,19,25)(H,23,24)/b15-11+. The number of nitrogens with one attached hydrogen (secondary N) is 1. The van der Waals surface area contributed by atoms with Crippen molar-refractivity contribution in [3.63, 3.8) is 0 Å². The minimum atomic E-state index is -0.989. The van der Waals surface area contributed by atoms with Crippen molar-refractivity contribution in [1.29, 1.82) is 0 Å². The fourth-order valence-corrected chi connectivity index (χ4v) is 2.66. The largest absolute Gasteiger partial charge is 0.478 e. The maximum atomic E-state index is 12.3. The molecule has 0 radical (unpaired) electrons. The third-order valence-electron chi connectivity index (χ3n) is 3.87. The normalized spacial score (nSPS) is 15.7. The number of carboxylic acid groups (broad SMARTS) is 1. The number of hydrogen-bond acceptors (Lipinski definition) is 3. The Balaban J connectivity index is 1.91. The SMILES string of the molecule is CCCN1C(=O)N/C(=C/c2cccn2-c2ccc(C(=O)O)cc2)C1=O. The molecule has 2 N–H and O–H groups in total. The molecule has 0 atom stereocenters. The van der Waals surface area contributed by atoms with Gasteiger partial charge in [0.2, 0.25) is 0 Å². The lowest BCUT2D eigenvalue weighted by atomic mass is 10.2. The second-order valence-corrected chi connectivity index (χ2v) is 5.60. The van der Waals surface area contributed by atoms with Crippen LogP contribution in [-0.4, -0.2) is 39.0 Å². The smallest absolute Gasteiger partial charge is 0.335 e. The molecule has 0 aliphatic carbocycles. The molecule has 0 bridgehead atoms. The van der Waals surface area contributed by atoms with Crippen molar-refractivity contribution >= 4 is 24.0 Å². The van der Waals surface area contributed by atoms with E-state index in [1.807, 2.05) is 13.0 Å². The summed E-state index contributed by atoms with van der Waals surface area (Å²) < 4.78 is 1.81. The molecule has 1 fully saturated rings. The summed E-state index contributed by atoms with van der Waals surface area (Å²) in [6.07, 6.45) is 4.10. The van der Waals surface area contributed by atoms with Crippen LogP contribution in [0, 0.1) is 0 Å². The van der Waals surface area contributed by atoms with E-state index in [2.05, 4.69) is 5.32 Å². The first-order valence-electron chi connectivity index (χ1n) is 7.87. The molecule has 0 saturated carbocycles. The number of urea groups is 1. The van der Waals surface area contributed by atoms with E-state index in [9.17, 15) is 14.4 Å². The number of carbonyl (C=O) groups excluding carboxylic acids is 2. The van der Waals surface area contributed by atoms with Gasteiger partial charge in [-0.3, -0.25) is 9.69 Å². The molecule has 25 heavy (non-hydrogen) atoms. The van der Waals surface area contributed by atoms with E-state index < -0.39 is 12.0 Å². The number of amides is 3. The molecular formula is C18H17N3O4. The Kier molecular flexibility index (Phi) is 4.38. The van der Waals surface area contributed by atoms with E-state index in [0.717, 1.165) is 5.69 Å². The highest BCUT2D eigenvalue weighted by Crippen LogP contribution is 2.19. The lowest BCUT2D eigenvalue weighted by Gasteiger charge is -2.09. The molecule has 7 heteroatoms. The molecular weight excluding hydrogens is 322 g/mol. The van der Waals surface area contributed by atoms with Crippen LogP contribution in [0.4, 0.5) is 4.79 Å². The van der Waals surface area contributed by atoms with Gasteiger partial charge in [-0.1, -0.05) is 6.92 Å². The third kappa shape index (κ3) is 3.16. The summed E-state index contributed by atoms with van der Waals surface area (Å²) in [5.74, 6) is -1.34. The molecule has 1 saturated heterocycles. The second kappa shape index (κ2) is 6.64. The van der Waals surface area contributed by atoms with Crippen molar-refractivity contribution in [3.05, 3.63) is 59.5 Å². The predicted octanol–water partition coefficient (Wildman–Crippen LogP) is 2.48. The summed E-state index contributed by atoms with van der Waals surface area (Å²) in [4.78, 5) is 36.3. The van der Waals surface area contributed by atoms with Gasteiger partial charge in [-0.2, -0.15) is 0 Å². The van der Waals surface area contributed by atoms with Gasteiger partial charge in [-0.15, -0.1) is 0 Å². The van der Waals surface area contributed by atoms with E-state index in [1.165, 1.54) is 17.0 Å². The van der Waals surface area contributed by atoms with Gasteiger partial charge in [0.05, 0.1) is 5.56 Å². The zero-order valence-electron chi connectivity index (χ0n) is 13.6. The number of benzene rings is 1. The molecule has 1 aliphatic rings. The molecule has 1 aromatic heterocycles. The van der Waals surface area contributed by atoms with Crippen molar-refractivity contribution in [2.24, 2.45) is 0 Å². The number of rotatable bonds is 5. The number of nitrogens with zero attached hydrogens (tertiary/aromatic N) is 2. The Morgan fingerprint density at radius 2 is 1.92 bits per heavy atom. The maximum Gasteiger partial charge on any atom is 0.335 e. The van der Waals surface area contributed by atoms with Gasteiger partial charge in [0.15, 0.2) is 0 Å². The highest BCUT2D eigenvalue weighted by molar-refractivity contribution is 6.13. The first kappa shape index (κ1) is 16.5. The number of aromatic nitrogens is 1. The molecule has 2 heterocycles. The Bertz CT molecular complexity index is 865. The van der Waals surface area contributed by atoms with Crippen LogP contribution in [0.2, 0.25) is 0 Å². The number of carboxylic acids is 1. The average Bonchev–Trinajstić information content (AvgIpc) is 3.16. The molecule has 2 aromatic rings. The Labute approximate surface area is 144 Å². The lowest BCUT2D eigenvalue weighted by molar-refractivity contribution is -0.122. The van der Waals surface area contributed by atoms with Crippen LogP contribution in [0.15, 0.2) is 48.3 Å². The van der Waals surface area contributed by atoms with Crippen molar-refractivity contribution in [2.75, 3.05) is 6.54 Å². The first-order valence-corrected chi connectivity index (χ1v) is 7.87.